The lowest BCUT2D eigenvalue weighted by Gasteiger charge is -2.13. The second-order valence-electron chi connectivity index (χ2n) is 15.7. The maximum atomic E-state index is 13.1. The average Bonchev–Trinajstić information content (AvgIpc) is 4.21. The Balaban J connectivity index is 0.000000202. The second kappa shape index (κ2) is 22.2. The molecule has 4 amide bonds. The van der Waals surface area contributed by atoms with Crippen LogP contribution in [0.4, 0.5) is 22.7 Å². The van der Waals surface area contributed by atoms with Gasteiger partial charge < -0.3 is 31.2 Å². The molecule has 4 aromatic carbocycles. The number of hydrogen-bond donors (Lipinski definition) is 8. The van der Waals surface area contributed by atoms with Crippen LogP contribution in [0, 0.1) is 28.6 Å². The monoisotopic (exact) mass is 912 g/mol. The molecule has 4 aromatic heterocycles. The number of nitrogens with one attached hydrogen (secondary N) is 8. The third-order valence-corrected chi connectivity index (χ3v) is 11.2. The van der Waals surface area contributed by atoms with Gasteiger partial charge in [-0.15, -0.1) is 20.4 Å². The topological polar surface area (TPSA) is 304 Å². The Kier molecular flexibility index (Phi) is 15.3. The van der Waals surface area contributed by atoms with Crippen LogP contribution in [-0.4, -0.2) is 74.8 Å². The molecule has 8 aromatic rings. The number of rotatable bonds is 17. The number of amides is 4. The molecule has 20 heteroatoms. The number of benzene rings is 4. The largest absolute Gasteiger partial charge is 0.349 e. The summed E-state index contributed by atoms with van der Waals surface area (Å²) in [6, 6.07) is 28.2. The van der Waals surface area contributed by atoms with Crippen LogP contribution in [0.5, 0.6) is 0 Å². The van der Waals surface area contributed by atoms with Crippen LogP contribution < -0.4 is 21.3 Å². The highest BCUT2D eigenvalue weighted by atomic mass is 16.2. The summed E-state index contributed by atoms with van der Waals surface area (Å²) in [5.41, 5.74) is 5.83. The molecule has 0 bridgehead atoms. The van der Waals surface area contributed by atoms with Crippen molar-refractivity contribution in [2.75, 3.05) is 21.3 Å². The van der Waals surface area contributed by atoms with Gasteiger partial charge in [0, 0.05) is 34.2 Å². The first-order valence-electron chi connectivity index (χ1n) is 22.2. The number of carbonyl (C=O) groups excluding carboxylic acids is 4. The van der Waals surface area contributed by atoms with Gasteiger partial charge in [-0.05, 0) is 90.4 Å². The summed E-state index contributed by atoms with van der Waals surface area (Å²) in [6.45, 7) is 6.13. The molecule has 8 N–H and O–H groups in total. The van der Waals surface area contributed by atoms with Crippen molar-refractivity contribution in [3.63, 3.8) is 0 Å². The van der Waals surface area contributed by atoms with Crippen molar-refractivity contribution in [1.29, 1.82) is 10.5 Å². The molecule has 0 unspecified atom stereocenters. The second-order valence-corrected chi connectivity index (χ2v) is 15.7. The Bertz CT molecular complexity index is 3140. The van der Waals surface area contributed by atoms with Gasteiger partial charge >= 0.3 is 0 Å². The lowest BCUT2D eigenvalue weighted by atomic mass is 10.0. The van der Waals surface area contributed by atoms with E-state index in [-0.39, 0.29) is 35.3 Å². The Morgan fingerprint density at radius 3 is 1.54 bits per heavy atom. The number of aromatic amines is 4. The van der Waals surface area contributed by atoms with Crippen molar-refractivity contribution in [3.05, 3.63) is 107 Å². The lowest BCUT2D eigenvalue weighted by molar-refractivity contribution is -0.120. The predicted octanol–water partition coefficient (Wildman–Crippen LogP) is 8.62. The normalized spacial score (nSPS) is 10.8. The highest BCUT2D eigenvalue weighted by Gasteiger charge is 2.20. The number of H-pyrrole nitrogens is 4. The van der Waals surface area contributed by atoms with Crippen molar-refractivity contribution >= 4 is 68.2 Å². The predicted molar refractivity (Wildman–Crippen MR) is 256 cm³/mol. The standard InChI is InChI=1S/C25H26N8O2.C23H22N8O2/c1-2-3-4-5-6-10-22(34)27-20-9-7-8-17-14-21(28-23(17)20)25(35)29-19-12-11-16(15-26)13-18(19)24-30-32-33-31-24;1-3-14(4-2)22(32)27-18-7-5-6-15-11-19(25-20(15)18)23(33)26-17-9-8-13(12-24)10-16(17)21-28-30-31-29-21/h7-9,11-14,28H,2-6,10H2,1H3,(H,27,34)(H,29,35)(H,30,31,32,33);5-11,14,25H,3-4H2,1-2H3,(H,26,33)(H,27,32)(H,28,29,30,31). The van der Waals surface area contributed by atoms with Crippen molar-refractivity contribution in [1.82, 2.24) is 51.2 Å². The summed E-state index contributed by atoms with van der Waals surface area (Å²) < 4.78 is 0. The maximum absolute atomic E-state index is 13.1. The van der Waals surface area contributed by atoms with Gasteiger partial charge in [0.25, 0.3) is 11.8 Å². The Morgan fingerprint density at radius 1 is 0.588 bits per heavy atom. The van der Waals surface area contributed by atoms with Gasteiger partial charge in [-0.25, -0.2) is 0 Å². The zero-order valence-corrected chi connectivity index (χ0v) is 37.5. The van der Waals surface area contributed by atoms with Crippen molar-refractivity contribution in [2.45, 2.75) is 72.1 Å². The Hall–Kier alpha value is -9.04. The maximum Gasteiger partial charge on any atom is 0.272 e. The van der Waals surface area contributed by atoms with Gasteiger partial charge in [-0.3, -0.25) is 19.2 Å². The first-order valence-corrected chi connectivity index (χ1v) is 22.2. The lowest BCUT2D eigenvalue weighted by Crippen LogP contribution is -2.21. The number of anilines is 4. The zero-order chi connectivity index (χ0) is 48.0. The van der Waals surface area contributed by atoms with Crippen LogP contribution >= 0.6 is 0 Å². The fourth-order valence-electron chi connectivity index (χ4n) is 7.51. The van der Waals surface area contributed by atoms with E-state index in [4.69, 9.17) is 0 Å². The molecule has 4 heterocycles. The van der Waals surface area contributed by atoms with Crippen molar-refractivity contribution < 1.29 is 19.2 Å². The van der Waals surface area contributed by atoms with Crippen LogP contribution in [0.1, 0.15) is 104 Å². The van der Waals surface area contributed by atoms with Crippen molar-refractivity contribution in [3.8, 4) is 34.9 Å². The summed E-state index contributed by atoms with van der Waals surface area (Å²) >= 11 is 0. The third kappa shape index (κ3) is 11.2. The summed E-state index contributed by atoms with van der Waals surface area (Å²) in [6.07, 6.45) is 7.36. The van der Waals surface area contributed by atoms with E-state index in [2.05, 4.69) is 91.5 Å². The van der Waals surface area contributed by atoms with E-state index < -0.39 is 5.91 Å². The van der Waals surface area contributed by atoms with Gasteiger partial charge in [0.2, 0.25) is 23.5 Å². The minimum absolute atomic E-state index is 0.0445. The van der Waals surface area contributed by atoms with Crippen LogP contribution in [-0.2, 0) is 9.59 Å². The molecule has 0 saturated heterocycles. The molecule has 0 aliphatic rings. The SMILES string of the molecule is CCC(CC)C(=O)Nc1cccc2cc(C(=O)Nc3ccc(C#N)cc3-c3nn[nH]n3)[nH]c12.CCCCCCCC(=O)Nc1cccc2cc(C(=O)Nc3ccc(C#N)cc3-c3nn[nH]n3)[nH]c12. The van der Waals surface area contributed by atoms with Gasteiger partial charge in [-0.1, -0.05) is 70.7 Å². The number of carbonyl (C=O) groups is 4. The summed E-state index contributed by atoms with van der Waals surface area (Å²) in [4.78, 5) is 57.3. The van der Waals surface area contributed by atoms with Crippen LogP contribution in [0.15, 0.2) is 84.9 Å². The first kappa shape index (κ1) is 46.9. The number of tetrazole rings is 2. The molecule has 68 heavy (non-hydrogen) atoms. The number of nitriles is 2. The third-order valence-electron chi connectivity index (χ3n) is 11.2. The van der Waals surface area contributed by atoms with Crippen LogP contribution in [0.3, 0.4) is 0 Å². The molecular formula is C48H48N16O4. The first-order chi connectivity index (χ1) is 33.1. The minimum Gasteiger partial charge on any atom is -0.349 e. The minimum atomic E-state index is -0.391. The summed E-state index contributed by atoms with van der Waals surface area (Å²) in [5, 5.41) is 59.3. The van der Waals surface area contributed by atoms with Crippen LogP contribution in [0.25, 0.3) is 44.6 Å². The molecule has 0 radical (unpaired) electrons. The number of unbranched alkanes of at least 4 members (excludes halogenated alkanes) is 4. The van der Waals surface area contributed by atoms with Gasteiger partial charge in [0.1, 0.15) is 11.4 Å². The van der Waals surface area contributed by atoms with Gasteiger partial charge in [0.15, 0.2) is 0 Å². The molecule has 344 valence electrons. The molecule has 8 rings (SSSR count). The summed E-state index contributed by atoms with van der Waals surface area (Å²) in [5.74, 6) is -0.425. The van der Waals surface area contributed by atoms with E-state index in [1.165, 1.54) is 12.8 Å². The molecule has 0 aliphatic heterocycles. The molecule has 0 atom stereocenters. The number of hydrogen-bond acceptors (Lipinski definition) is 12. The number of nitrogens with zero attached hydrogens (tertiary/aromatic N) is 8. The fourth-order valence-corrected chi connectivity index (χ4v) is 7.51. The highest BCUT2D eigenvalue weighted by Crippen LogP contribution is 2.30. The Labute approximate surface area is 389 Å². The van der Waals surface area contributed by atoms with E-state index in [0.29, 0.717) is 73.8 Å². The number of fused-ring (bicyclic) bond motifs is 2. The fraction of sp³-hybridized carbons (Fsp3) is 0.250. The molecule has 0 fully saturated rings. The van der Waals surface area contributed by atoms with E-state index >= 15 is 0 Å². The Morgan fingerprint density at radius 2 is 1.09 bits per heavy atom. The van der Waals surface area contributed by atoms with E-state index in [9.17, 15) is 29.7 Å². The van der Waals surface area contributed by atoms with Gasteiger partial charge in [0.05, 0.1) is 57.0 Å². The van der Waals surface area contributed by atoms with E-state index in [1.807, 2.05) is 44.2 Å². The molecule has 0 spiro atoms. The molecular weight excluding hydrogens is 865 g/mol. The average molecular weight is 913 g/mol. The van der Waals surface area contributed by atoms with E-state index in [1.54, 1.807) is 54.6 Å². The van der Waals surface area contributed by atoms with Gasteiger partial charge in [-0.2, -0.15) is 21.0 Å². The summed E-state index contributed by atoms with van der Waals surface area (Å²) in [7, 11) is 0. The molecule has 0 aliphatic carbocycles. The number of aromatic nitrogens is 10. The number of para-hydroxylation sites is 2. The zero-order valence-electron chi connectivity index (χ0n) is 37.5. The smallest absolute Gasteiger partial charge is 0.272 e. The quantitative estimate of drug-likeness (QED) is 0.0398. The molecule has 20 nitrogen and oxygen atoms in total. The molecule has 0 saturated carbocycles. The van der Waals surface area contributed by atoms with Crippen molar-refractivity contribution in [2.24, 2.45) is 5.92 Å². The van der Waals surface area contributed by atoms with Crippen LogP contribution in [0.2, 0.25) is 0 Å². The van der Waals surface area contributed by atoms with E-state index in [0.717, 1.165) is 42.9 Å². The highest BCUT2D eigenvalue weighted by molar-refractivity contribution is 6.11.